The van der Waals surface area contributed by atoms with Crippen molar-refractivity contribution in [2.75, 3.05) is 29.5 Å². The van der Waals surface area contributed by atoms with Crippen molar-refractivity contribution in [3.05, 3.63) is 18.0 Å². The molecule has 0 saturated carbocycles. The summed E-state index contributed by atoms with van der Waals surface area (Å²) in [5, 5.41) is 0. The summed E-state index contributed by atoms with van der Waals surface area (Å²) >= 11 is 0. The number of hydrogen-bond acceptors (Lipinski definition) is 6. The molecule has 0 bridgehead atoms. The molecular weight excluding hydrogens is 352 g/mol. The lowest BCUT2D eigenvalue weighted by Gasteiger charge is -2.35. The lowest BCUT2D eigenvalue weighted by Crippen LogP contribution is -2.41. The molecule has 7 nitrogen and oxygen atoms in total. The molecule has 1 aromatic rings. The van der Waals surface area contributed by atoms with Crippen molar-refractivity contribution < 1.29 is 13.2 Å². The molecule has 2 aliphatic rings. The fraction of sp³-hybridized carbons (Fsp3) is 0.722. The monoisotopic (exact) mass is 380 g/mol. The maximum Gasteiger partial charge on any atom is 0.257 e. The molecule has 2 saturated heterocycles. The molecule has 144 valence electrons. The normalized spacial score (nSPS) is 25.2. The SMILES string of the molecule is CCC1CCCCN1c1ncc(C(=O)N(CC)C2CCS(=O)(=O)C2)cn1. The summed E-state index contributed by atoms with van der Waals surface area (Å²) in [6.07, 6.45) is 8.26. The molecule has 3 rings (SSSR count). The first-order valence-corrected chi connectivity index (χ1v) is 11.4. The molecule has 1 aromatic heterocycles. The maximum absolute atomic E-state index is 12.8. The number of anilines is 1. The highest BCUT2D eigenvalue weighted by atomic mass is 32.2. The molecule has 2 fully saturated rings. The Bertz CT molecular complexity index is 735. The van der Waals surface area contributed by atoms with Gasteiger partial charge in [0.25, 0.3) is 5.91 Å². The van der Waals surface area contributed by atoms with Gasteiger partial charge in [0.15, 0.2) is 9.84 Å². The van der Waals surface area contributed by atoms with Gasteiger partial charge < -0.3 is 9.80 Å². The zero-order valence-electron chi connectivity index (χ0n) is 15.6. The molecule has 1 amide bonds. The lowest BCUT2D eigenvalue weighted by atomic mass is 10.0. The second kappa shape index (κ2) is 7.90. The Kier molecular flexibility index (Phi) is 5.79. The van der Waals surface area contributed by atoms with E-state index in [2.05, 4.69) is 21.8 Å². The smallest absolute Gasteiger partial charge is 0.257 e. The highest BCUT2D eigenvalue weighted by Crippen LogP contribution is 2.24. The third kappa shape index (κ3) is 4.00. The van der Waals surface area contributed by atoms with Crippen LogP contribution >= 0.6 is 0 Å². The first-order chi connectivity index (χ1) is 12.4. The number of carbonyl (C=O) groups excluding carboxylic acids is 1. The van der Waals surface area contributed by atoms with Crippen LogP contribution in [0.1, 0.15) is 56.3 Å². The summed E-state index contributed by atoms with van der Waals surface area (Å²) in [7, 11) is -3.03. The molecule has 2 aliphatic heterocycles. The van der Waals surface area contributed by atoms with Crippen LogP contribution in [-0.4, -0.2) is 65.9 Å². The van der Waals surface area contributed by atoms with E-state index in [0.717, 1.165) is 25.8 Å². The van der Waals surface area contributed by atoms with Gasteiger partial charge in [0, 0.05) is 37.6 Å². The van der Waals surface area contributed by atoms with E-state index in [1.807, 2.05) is 6.92 Å². The van der Waals surface area contributed by atoms with Crippen molar-refractivity contribution >= 4 is 21.7 Å². The van der Waals surface area contributed by atoms with E-state index >= 15 is 0 Å². The van der Waals surface area contributed by atoms with E-state index in [-0.39, 0.29) is 23.5 Å². The number of hydrogen-bond donors (Lipinski definition) is 0. The summed E-state index contributed by atoms with van der Waals surface area (Å²) in [6, 6.07) is 0.213. The quantitative estimate of drug-likeness (QED) is 0.776. The predicted molar refractivity (Wildman–Crippen MR) is 101 cm³/mol. The van der Waals surface area contributed by atoms with Gasteiger partial charge in [-0.1, -0.05) is 6.92 Å². The topological polar surface area (TPSA) is 83.5 Å². The molecule has 0 aliphatic carbocycles. The zero-order valence-corrected chi connectivity index (χ0v) is 16.4. The summed E-state index contributed by atoms with van der Waals surface area (Å²) in [5.41, 5.74) is 0.421. The van der Waals surface area contributed by atoms with Gasteiger partial charge in [0.1, 0.15) is 0 Å². The van der Waals surface area contributed by atoms with Crippen LogP contribution in [0.3, 0.4) is 0 Å². The Hall–Kier alpha value is -1.70. The minimum Gasteiger partial charge on any atom is -0.338 e. The van der Waals surface area contributed by atoms with E-state index in [4.69, 9.17) is 0 Å². The van der Waals surface area contributed by atoms with Crippen LogP contribution in [-0.2, 0) is 9.84 Å². The fourth-order valence-corrected chi connectivity index (χ4v) is 5.75. The summed E-state index contributed by atoms with van der Waals surface area (Å²) in [4.78, 5) is 25.6. The van der Waals surface area contributed by atoms with Crippen molar-refractivity contribution in [3.8, 4) is 0 Å². The average molecular weight is 381 g/mol. The second-order valence-electron chi connectivity index (χ2n) is 7.17. The summed E-state index contributed by atoms with van der Waals surface area (Å²) < 4.78 is 23.5. The molecule has 0 aromatic carbocycles. The van der Waals surface area contributed by atoms with Crippen molar-refractivity contribution in [1.29, 1.82) is 0 Å². The summed E-state index contributed by atoms with van der Waals surface area (Å²) in [5.74, 6) is 0.702. The van der Waals surface area contributed by atoms with E-state index in [9.17, 15) is 13.2 Å². The first-order valence-electron chi connectivity index (χ1n) is 9.55. The van der Waals surface area contributed by atoms with Crippen LogP contribution in [0.5, 0.6) is 0 Å². The molecule has 26 heavy (non-hydrogen) atoms. The first kappa shape index (κ1) is 19.1. The Balaban J connectivity index is 1.73. The van der Waals surface area contributed by atoms with Gasteiger partial charge >= 0.3 is 0 Å². The van der Waals surface area contributed by atoms with Crippen molar-refractivity contribution in [2.45, 2.75) is 58.0 Å². The van der Waals surface area contributed by atoms with Crippen molar-refractivity contribution in [2.24, 2.45) is 0 Å². The fourth-order valence-electron chi connectivity index (χ4n) is 4.02. The van der Waals surface area contributed by atoms with Crippen molar-refractivity contribution in [1.82, 2.24) is 14.9 Å². The van der Waals surface area contributed by atoms with Crippen LogP contribution in [0.25, 0.3) is 0 Å². The third-order valence-electron chi connectivity index (χ3n) is 5.49. The zero-order chi connectivity index (χ0) is 18.7. The van der Waals surface area contributed by atoms with E-state index in [1.54, 1.807) is 17.3 Å². The molecule has 2 atom stereocenters. The number of sulfone groups is 1. The number of aromatic nitrogens is 2. The molecule has 3 heterocycles. The number of rotatable bonds is 5. The van der Waals surface area contributed by atoms with Crippen LogP contribution in [0, 0.1) is 0 Å². The number of carbonyl (C=O) groups is 1. The lowest BCUT2D eigenvalue weighted by molar-refractivity contribution is 0.0707. The van der Waals surface area contributed by atoms with Crippen LogP contribution in [0.15, 0.2) is 12.4 Å². The van der Waals surface area contributed by atoms with Crippen molar-refractivity contribution in [3.63, 3.8) is 0 Å². The predicted octanol–water partition coefficient (Wildman–Crippen LogP) is 1.89. The summed E-state index contributed by atoms with van der Waals surface area (Å²) in [6.45, 7) is 5.48. The molecule has 0 N–H and O–H groups in total. The maximum atomic E-state index is 12.8. The Morgan fingerprint density at radius 3 is 2.54 bits per heavy atom. The minimum absolute atomic E-state index is 0.0531. The third-order valence-corrected chi connectivity index (χ3v) is 7.24. The standard InChI is InChI=1S/C18H28N4O3S/c1-3-15-7-5-6-9-22(15)18-19-11-14(12-20-18)17(23)21(4-2)16-8-10-26(24,25)13-16/h11-12,15-16H,3-10,13H2,1-2H3. The van der Waals surface area contributed by atoms with Gasteiger partial charge in [0.2, 0.25) is 5.95 Å². The Labute approximate surface area is 155 Å². The molecule has 0 radical (unpaired) electrons. The van der Waals surface area contributed by atoms with Gasteiger partial charge in [-0.15, -0.1) is 0 Å². The highest BCUT2D eigenvalue weighted by Gasteiger charge is 2.34. The minimum atomic E-state index is -3.03. The van der Waals surface area contributed by atoms with Gasteiger partial charge in [-0.05, 0) is 39.0 Å². The molecule has 2 unspecified atom stereocenters. The van der Waals surface area contributed by atoms with E-state index < -0.39 is 9.84 Å². The Morgan fingerprint density at radius 1 is 1.23 bits per heavy atom. The Morgan fingerprint density at radius 2 is 1.96 bits per heavy atom. The van der Waals surface area contributed by atoms with Crippen LogP contribution in [0.2, 0.25) is 0 Å². The number of piperidine rings is 1. The largest absolute Gasteiger partial charge is 0.338 e. The molecule has 0 spiro atoms. The van der Waals surface area contributed by atoms with Crippen LogP contribution in [0.4, 0.5) is 5.95 Å². The number of amides is 1. The van der Waals surface area contributed by atoms with E-state index in [1.165, 1.54) is 6.42 Å². The second-order valence-corrected chi connectivity index (χ2v) is 9.40. The van der Waals surface area contributed by atoms with Gasteiger partial charge in [-0.3, -0.25) is 4.79 Å². The molecule has 8 heteroatoms. The average Bonchev–Trinajstić information content (AvgIpc) is 3.02. The molecular formula is C18H28N4O3S. The van der Waals surface area contributed by atoms with Gasteiger partial charge in [0.05, 0.1) is 17.1 Å². The van der Waals surface area contributed by atoms with Gasteiger partial charge in [-0.2, -0.15) is 0 Å². The van der Waals surface area contributed by atoms with Crippen LogP contribution < -0.4 is 4.90 Å². The van der Waals surface area contributed by atoms with E-state index in [0.29, 0.717) is 30.5 Å². The number of nitrogens with zero attached hydrogens (tertiary/aromatic N) is 4. The highest BCUT2D eigenvalue weighted by molar-refractivity contribution is 7.91. The van der Waals surface area contributed by atoms with Gasteiger partial charge in [-0.25, -0.2) is 18.4 Å².